The summed E-state index contributed by atoms with van der Waals surface area (Å²) in [4.78, 5) is 14.2. The van der Waals surface area contributed by atoms with Crippen LogP contribution in [0.2, 0.25) is 0 Å². The summed E-state index contributed by atoms with van der Waals surface area (Å²) < 4.78 is 30.5. The van der Waals surface area contributed by atoms with Crippen LogP contribution in [0.4, 0.5) is 0 Å². The third-order valence-electron chi connectivity index (χ3n) is 4.17. The lowest BCUT2D eigenvalue weighted by molar-refractivity contribution is -0.139. The first-order valence-corrected chi connectivity index (χ1v) is 8.83. The molecule has 2 aliphatic rings. The van der Waals surface area contributed by atoms with Crippen molar-refractivity contribution in [1.29, 1.82) is 0 Å². The number of ether oxygens (including phenoxy) is 1. The fourth-order valence-corrected chi connectivity index (χ4v) is 4.67. The van der Waals surface area contributed by atoms with Gasteiger partial charge in [-0.15, -0.1) is 0 Å². The van der Waals surface area contributed by atoms with Crippen molar-refractivity contribution in [3.63, 3.8) is 0 Å². The Balaban J connectivity index is 1.71. The molecule has 0 aliphatic carbocycles. The van der Waals surface area contributed by atoms with Gasteiger partial charge in [-0.2, -0.15) is 0 Å². The average Bonchev–Trinajstić information content (AvgIpc) is 3.19. The lowest BCUT2D eigenvalue weighted by Gasteiger charge is -2.20. The first-order chi connectivity index (χ1) is 10.1. The Morgan fingerprint density at radius 1 is 1.19 bits per heavy atom. The molecule has 3 rings (SSSR count). The maximum absolute atomic E-state index is 12.6. The van der Waals surface area contributed by atoms with Crippen LogP contribution in [0.3, 0.4) is 0 Å². The quantitative estimate of drug-likeness (QED) is 0.843. The van der Waals surface area contributed by atoms with Crippen molar-refractivity contribution < 1.29 is 17.9 Å². The van der Waals surface area contributed by atoms with E-state index in [4.69, 9.17) is 4.74 Å². The molecule has 2 aliphatic heterocycles. The minimum absolute atomic E-state index is 0.0572. The van der Waals surface area contributed by atoms with Gasteiger partial charge in [-0.05, 0) is 31.4 Å². The van der Waals surface area contributed by atoms with E-state index in [-0.39, 0.29) is 18.6 Å². The third-order valence-corrected chi connectivity index (χ3v) is 6.36. The second-order valence-corrected chi connectivity index (χ2v) is 7.78. The summed E-state index contributed by atoms with van der Waals surface area (Å²) in [6.07, 6.45) is 1.76. The number of benzene rings is 1. The number of likely N-dealkylation sites (tertiary alicyclic amines) is 1. The fourth-order valence-electron chi connectivity index (χ4n) is 2.96. The standard InChI is InChI=1S/C15H19NO4S/c17-15(14-7-4-10-20-14)16-9-8-13(11-16)21(18,19)12-5-2-1-3-6-12/h1-3,5-6,13-14H,4,7-11H2. The predicted molar refractivity (Wildman–Crippen MR) is 77.6 cm³/mol. The molecule has 1 aromatic carbocycles. The van der Waals surface area contributed by atoms with Gasteiger partial charge in [-0.3, -0.25) is 4.79 Å². The Labute approximate surface area is 124 Å². The molecule has 0 N–H and O–H groups in total. The van der Waals surface area contributed by atoms with E-state index in [0.29, 0.717) is 24.5 Å². The number of carbonyl (C=O) groups excluding carboxylic acids is 1. The minimum atomic E-state index is -3.36. The normalized spacial score (nSPS) is 26.2. The average molecular weight is 309 g/mol. The highest BCUT2D eigenvalue weighted by molar-refractivity contribution is 7.92. The Bertz CT molecular complexity index is 608. The van der Waals surface area contributed by atoms with E-state index in [0.717, 1.165) is 12.8 Å². The number of rotatable bonds is 3. The molecule has 1 aromatic rings. The number of nitrogens with zero attached hydrogens (tertiary/aromatic N) is 1. The molecule has 0 saturated carbocycles. The first-order valence-electron chi connectivity index (χ1n) is 7.28. The lowest BCUT2D eigenvalue weighted by Crippen LogP contribution is -2.38. The molecular weight excluding hydrogens is 290 g/mol. The second kappa shape index (κ2) is 5.77. The van der Waals surface area contributed by atoms with E-state index in [1.165, 1.54) is 0 Å². The zero-order valence-electron chi connectivity index (χ0n) is 11.8. The molecule has 2 fully saturated rings. The highest BCUT2D eigenvalue weighted by Crippen LogP contribution is 2.25. The summed E-state index contributed by atoms with van der Waals surface area (Å²) in [6, 6.07) is 8.45. The molecule has 0 spiro atoms. The molecule has 2 unspecified atom stereocenters. The lowest BCUT2D eigenvalue weighted by atomic mass is 10.2. The summed E-state index contributed by atoms with van der Waals surface area (Å²) in [5.74, 6) is -0.0572. The number of sulfone groups is 1. The molecule has 0 radical (unpaired) electrons. The first kappa shape index (κ1) is 14.5. The van der Waals surface area contributed by atoms with Gasteiger partial charge < -0.3 is 9.64 Å². The highest BCUT2D eigenvalue weighted by atomic mass is 32.2. The number of hydrogen-bond acceptors (Lipinski definition) is 4. The van der Waals surface area contributed by atoms with Crippen molar-refractivity contribution >= 4 is 15.7 Å². The topological polar surface area (TPSA) is 63.7 Å². The maximum Gasteiger partial charge on any atom is 0.251 e. The Morgan fingerprint density at radius 3 is 2.62 bits per heavy atom. The molecular formula is C15H19NO4S. The van der Waals surface area contributed by atoms with Gasteiger partial charge in [0.25, 0.3) is 5.91 Å². The Hall–Kier alpha value is -1.40. The van der Waals surface area contributed by atoms with Crippen molar-refractivity contribution in [3.05, 3.63) is 30.3 Å². The molecule has 6 heteroatoms. The van der Waals surface area contributed by atoms with E-state index in [1.807, 2.05) is 0 Å². The molecule has 2 heterocycles. The van der Waals surface area contributed by atoms with Crippen LogP contribution in [0, 0.1) is 0 Å². The van der Waals surface area contributed by atoms with Crippen molar-refractivity contribution in [2.24, 2.45) is 0 Å². The highest BCUT2D eigenvalue weighted by Gasteiger charge is 2.38. The van der Waals surface area contributed by atoms with E-state index < -0.39 is 15.1 Å². The molecule has 1 amide bonds. The summed E-state index contributed by atoms with van der Waals surface area (Å²) in [5, 5.41) is -0.509. The molecule has 21 heavy (non-hydrogen) atoms. The van der Waals surface area contributed by atoms with Crippen LogP contribution in [0.15, 0.2) is 35.2 Å². The molecule has 0 aromatic heterocycles. The maximum atomic E-state index is 12.6. The number of amides is 1. The number of hydrogen-bond donors (Lipinski definition) is 0. The van der Waals surface area contributed by atoms with Gasteiger partial charge in [0.2, 0.25) is 0 Å². The zero-order chi connectivity index (χ0) is 14.9. The molecule has 2 atom stereocenters. The van der Waals surface area contributed by atoms with Gasteiger partial charge in [-0.25, -0.2) is 8.42 Å². The van der Waals surface area contributed by atoms with Crippen LogP contribution in [-0.4, -0.2) is 50.3 Å². The summed E-state index contributed by atoms with van der Waals surface area (Å²) >= 11 is 0. The van der Waals surface area contributed by atoms with Crippen LogP contribution in [-0.2, 0) is 19.4 Å². The van der Waals surface area contributed by atoms with Gasteiger partial charge in [0.1, 0.15) is 6.10 Å². The van der Waals surface area contributed by atoms with Gasteiger partial charge >= 0.3 is 0 Å². The summed E-state index contributed by atoms with van der Waals surface area (Å²) in [7, 11) is -3.36. The Kier molecular flexibility index (Phi) is 3.99. The predicted octanol–water partition coefficient (Wildman–Crippen LogP) is 1.24. The SMILES string of the molecule is O=C(C1CCCO1)N1CCC(S(=O)(=O)c2ccccc2)C1. The van der Waals surface area contributed by atoms with Crippen LogP contribution in [0.25, 0.3) is 0 Å². The van der Waals surface area contributed by atoms with Crippen LogP contribution < -0.4 is 0 Å². The molecule has 0 bridgehead atoms. The van der Waals surface area contributed by atoms with Gasteiger partial charge in [0.15, 0.2) is 9.84 Å². The van der Waals surface area contributed by atoms with Crippen molar-refractivity contribution in [3.8, 4) is 0 Å². The minimum Gasteiger partial charge on any atom is -0.368 e. The third kappa shape index (κ3) is 2.82. The zero-order valence-corrected chi connectivity index (χ0v) is 12.6. The molecule has 114 valence electrons. The largest absolute Gasteiger partial charge is 0.368 e. The monoisotopic (exact) mass is 309 g/mol. The van der Waals surface area contributed by atoms with E-state index in [2.05, 4.69) is 0 Å². The van der Waals surface area contributed by atoms with E-state index >= 15 is 0 Å². The van der Waals surface area contributed by atoms with Crippen molar-refractivity contribution in [2.75, 3.05) is 19.7 Å². The van der Waals surface area contributed by atoms with Gasteiger partial charge in [-0.1, -0.05) is 18.2 Å². The second-order valence-electron chi connectivity index (χ2n) is 5.55. The van der Waals surface area contributed by atoms with Crippen LogP contribution in [0.1, 0.15) is 19.3 Å². The van der Waals surface area contributed by atoms with Gasteiger partial charge in [0.05, 0.1) is 10.1 Å². The van der Waals surface area contributed by atoms with E-state index in [9.17, 15) is 13.2 Å². The Morgan fingerprint density at radius 2 is 1.95 bits per heavy atom. The fraction of sp³-hybridized carbons (Fsp3) is 0.533. The smallest absolute Gasteiger partial charge is 0.251 e. The van der Waals surface area contributed by atoms with Gasteiger partial charge in [0, 0.05) is 19.7 Å². The van der Waals surface area contributed by atoms with Crippen LogP contribution in [0.5, 0.6) is 0 Å². The number of carbonyl (C=O) groups is 1. The van der Waals surface area contributed by atoms with Crippen molar-refractivity contribution in [1.82, 2.24) is 4.90 Å². The summed E-state index contributed by atoms with van der Waals surface area (Å²) in [6.45, 7) is 1.39. The summed E-state index contributed by atoms with van der Waals surface area (Å²) in [5.41, 5.74) is 0. The van der Waals surface area contributed by atoms with Crippen molar-refractivity contribution in [2.45, 2.75) is 35.5 Å². The molecule has 2 saturated heterocycles. The molecule has 5 nitrogen and oxygen atoms in total. The van der Waals surface area contributed by atoms with Crippen LogP contribution >= 0.6 is 0 Å². The van der Waals surface area contributed by atoms with E-state index in [1.54, 1.807) is 35.2 Å².